The Balaban J connectivity index is 1.30. The number of hydrogen-bond donors (Lipinski definition) is 2. The molecule has 3 aliphatic rings. The molecule has 37 heavy (non-hydrogen) atoms. The Kier molecular flexibility index (Phi) is 8.82. The molecular formula is C27H39N5O4S. The minimum atomic E-state index is -3.62. The Morgan fingerprint density at radius 1 is 1.16 bits per heavy atom. The van der Waals surface area contributed by atoms with Crippen molar-refractivity contribution in [3.63, 3.8) is 0 Å². The average molecular weight is 530 g/mol. The smallest absolute Gasteiger partial charge is 0.253 e. The first-order valence-electron chi connectivity index (χ1n) is 13.3. The van der Waals surface area contributed by atoms with Gasteiger partial charge in [0.25, 0.3) is 5.91 Å². The summed E-state index contributed by atoms with van der Waals surface area (Å²) in [4.78, 5) is 31.7. The molecule has 1 aromatic rings. The van der Waals surface area contributed by atoms with Gasteiger partial charge in [0.05, 0.1) is 6.42 Å². The van der Waals surface area contributed by atoms with Crippen LogP contribution in [0.5, 0.6) is 0 Å². The second-order valence-corrected chi connectivity index (χ2v) is 12.5. The van der Waals surface area contributed by atoms with Crippen LogP contribution in [0.1, 0.15) is 56.1 Å². The monoisotopic (exact) mass is 529 g/mol. The van der Waals surface area contributed by atoms with Gasteiger partial charge in [0.15, 0.2) is 0 Å². The lowest BCUT2D eigenvalue weighted by molar-refractivity contribution is -0.125. The summed E-state index contributed by atoms with van der Waals surface area (Å²) >= 11 is 0. The summed E-state index contributed by atoms with van der Waals surface area (Å²) in [6.45, 7) is 1.91. The lowest BCUT2D eigenvalue weighted by atomic mass is 9.88. The van der Waals surface area contributed by atoms with Crippen molar-refractivity contribution in [3.8, 4) is 0 Å². The molecule has 2 amide bonds. The number of carbonyl (C=O) groups is 2. The third kappa shape index (κ3) is 7.06. The molecule has 202 valence electrons. The van der Waals surface area contributed by atoms with Gasteiger partial charge in [0.1, 0.15) is 11.4 Å². The van der Waals surface area contributed by atoms with E-state index in [1.54, 1.807) is 6.08 Å². The molecule has 1 saturated carbocycles. The van der Waals surface area contributed by atoms with Gasteiger partial charge in [-0.3, -0.25) is 14.6 Å². The molecule has 1 saturated heterocycles. The van der Waals surface area contributed by atoms with Crippen molar-refractivity contribution in [2.75, 3.05) is 40.3 Å². The van der Waals surface area contributed by atoms with Gasteiger partial charge in [-0.05, 0) is 57.0 Å². The van der Waals surface area contributed by atoms with Crippen molar-refractivity contribution >= 4 is 33.7 Å². The quantitative estimate of drug-likeness (QED) is 0.509. The zero-order valence-electron chi connectivity index (χ0n) is 21.9. The Bertz CT molecular complexity index is 1130. The highest BCUT2D eigenvalue weighted by atomic mass is 32.2. The van der Waals surface area contributed by atoms with Crippen LogP contribution in [0.15, 0.2) is 34.7 Å². The number of aliphatic imine (C=N–C) groups is 1. The third-order valence-electron chi connectivity index (χ3n) is 7.56. The minimum absolute atomic E-state index is 0.0401. The van der Waals surface area contributed by atoms with Crippen LogP contribution in [0.25, 0.3) is 6.08 Å². The molecule has 2 heterocycles. The maximum Gasteiger partial charge on any atom is 0.253 e. The number of piperidine rings is 1. The molecule has 10 heteroatoms. The molecule has 0 aromatic heterocycles. The molecule has 0 radical (unpaired) electrons. The van der Waals surface area contributed by atoms with Gasteiger partial charge in [-0.15, -0.1) is 0 Å². The molecule has 2 fully saturated rings. The number of likely N-dealkylation sites (N-methyl/N-ethyl adjacent to an activating group) is 1. The van der Waals surface area contributed by atoms with Crippen molar-refractivity contribution in [2.45, 2.75) is 56.9 Å². The molecule has 1 spiro atoms. The van der Waals surface area contributed by atoms with Gasteiger partial charge in [0, 0.05) is 37.5 Å². The SMILES string of the molecule is CN(C)CCNC(=O)Cc1ccc(/C=C/S(=O)(=O)N2CCC3(CC2)N=C(C2CCCCC2)NC3=O)cc1. The highest BCUT2D eigenvalue weighted by Gasteiger charge is 2.48. The molecule has 1 aromatic carbocycles. The summed E-state index contributed by atoms with van der Waals surface area (Å²) in [6, 6.07) is 7.29. The topological polar surface area (TPSA) is 111 Å². The summed E-state index contributed by atoms with van der Waals surface area (Å²) in [5.74, 6) is 1.02. The van der Waals surface area contributed by atoms with Gasteiger partial charge < -0.3 is 15.5 Å². The van der Waals surface area contributed by atoms with Gasteiger partial charge in [0.2, 0.25) is 15.9 Å². The number of rotatable bonds is 9. The maximum absolute atomic E-state index is 13.0. The van der Waals surface area contributed by atoms with Crippen LogP contribution in [-0.4, -0.2) is 81.1 Å². The normalized spacial score (nSPS) is 20.9. The molecular weight excluding hydrogens is 490 g/mol. The van der Waals surface area contributed by atoms with E-state index in [2.05, 4.69) is 10.6 Å². The Labute approximate surface area is 220 Å². The van der Waals surface area contributed by atoms with E-state index in [-0.39, 0.29) is 31.3 Å². The first-order valence-corrected chi connectivity index (χ1v) is 14.8. The maximum atomic E-state index is 13.0. The Hall–Kier alpha value is -2.56. The van der Waals surface area contributed by atoms with Crippen LogP contribution in [0.4, 0.5) is 0 Å². The van der Waals surface area contributed by atoms with Crippen molar-refractivity contribution in [3.05, 3.63) is 40.8 Å². The first kappa shape index (κ1) is 27.5. The number of amidine groups is 1. The number of sulfonamides is 1. The van der Waals surface area contributed by atoms with E-state index in [0.717, 1.165) is 36.3 Å². The third-order valence-corrected chi connectivity index (χ3v) is 9.12. The second-order valence-electron chi connectivity index (χ2n) is 10.6. The van der Waals surface area contributed by atoms with Crippen molar-refractivity contribution in [1.82, 2.24) is 19.8 Å². The predicted octanol–water partition coefficient (Wildman–Crippen LogP) is 2.15. The fourth-order valence-electron chi connectivity index (χ4n) is 5.22. The highest BCUT2D eigenvalue weighted by Crippen LogP contribution is 2.34. The second kappa shape index (κ2) is 11.9. The molecule has 0 unspecified atom stereocenters. The van der Waals surface area contributed by atoms with Crippen LogP contribution < -0.4 is 10.6 Å². The average Bonchev–Trinajstić information content (AvgIpc) is 3.19. The van der Waals surface area contributed by atoms with Gasteiger partial charge in [-0.25, -0.2) is 8.42 Å². The summed E-state index contributed by atoms with van der Waals surface area (Å²) in [5.41, 5.74) is 0.786. The van der Waals surface area contributed by atoms with Crippen molar-refractivity contribution < 1.29 is 18.0 Å². The Morgan fingerprint density at radius 2 is 1.84 bits per heavy atom. The van der Waals surface area contributed by atoms with E-state index in [1.807, 2.05) is 43.3 Å². The lowest BCUT2D eigenvalue weighted by Crippen LogP contribution is -2.50. The van der Waals surface area contributed by atoms with E-state index >= 15 is 0 Å². The summed E-state index contributed by atoms with van der Waals surface area (Å²) in [7, 11) is 0.288. The fraction of sp³-hybridized carbons (Fsp3) is 0.593. The molecule has 9 nitrogen and oxygen atoms in total. The number of hydrogen-bond acceptors (Lipinski definition) is 6. The van der Waals surface area contributed by atoms with Gasteiger partial charge in [-0.1, -0.05) is 43.5 Å². The number of benzene rings is 1. The van der Waals surface area contributed by atoms with Crippen LogP contribution >= 0.6 is 0 Å². The van der Waals surface area contributed by atoms with E-state index in [0.29, 0.717) is 25.3 Å². The molecule has 2 N–H and O–H groups in total. The van der Waals surface area contributed by atoms with Crippen LogP contribution in [0.3, 0.4) is 0 Å². The fourth-order valence-corrected chi connectivity index (χ4v) is 6.42. The molecule has 4 rings (SSSR count). The first-order chi connectivity index (χ1) is 17.7. The van der Waals surface area contributed by atoms with Gasteiger partial charge in [-0.2, -0.15) is 4.31 Å². The van der Waals surface area contributed by atoms with E-state index < -0.39 is 15.6 Å². The zero-order chi connectivity index (χ0) is 26.5. The zero-order valence-corrected chi connectivity index (χ0v) is 22.7. The van der Waals surface area contributed by atoms with E-state index in [4.69, 9.17) is 4.99 Å². The number of amides is 2. The van der Waals surface area contributed by atoms with Crippen LogP contribution in [-0.2, 0) is 26.0 Å². The largest absolute Gasteiger partial charge is 0.355 e. The van der Waals surface area contributed by atoms with Crippen molar-refractivity contribution in [2.24, 2.45) is 10.9 Å². The molecule has 0 atom stereocenters. The minimum Gasteiger partial charge on any atom is -0.355 e. The highest BCUT2D eigenvalue weighted by molar-refractivity contribution is 7.92. The number of nitrogens with one attached hydrogen (secondary N) is 2. The number of carbonyl (C=O) groups excluding carboxylic acids is 2. The predicted molar refractivity (Wildman–Crippen MR) is 145 cm³/mol. The lowest BCUT2D eigenvalue weighted by Gasteiger charge is -2.34. The summed E-state index contributed by atoms with van der Waals surface area (Å²) in [5, 5.41) is 7.12. The van der Waals surface area contributed by atoms with E-state index in [9.17, 15) is 18.0 Å². The molecule has 1 aliphatic carbocycles. The van der Waals surface area contributed by atoms with Crippen LogP contribution in [0, 0.1) is 5.92 Å². The Morgan fingerprint density at radius 3 is 2.49 bits per heavy atom. The molecule has 2 aliphatic heterocycles. The standard InChI is InChI=1S/C27H39N5O4S/c1-31(2)18-15-28-24(33)20-22-10-8-21(9-11-22)12-19-37(35,36)32-16-13-27(14-17-32)26(34)29-25(30-27)23-6-4-3-5-7-23/h8-12,19,23H,3-7,13-18,20H2,1-2H3,(H,28,33)(H,29,30,34)/b19-12+. The van der Waals surface area contributed by atoms with Gasteiger partial charge >= 0.3 is 0 Å². The number of nitrogens with zero attached hydrogens (tertiary/aromatic N) is 3. The van der Waals surface area contributed by atoms with E-state index in [1.165, 1.54) is 29.0 Å². The molecule has 0 bridgehead atoms. The summed E-state index contributed by atoms with van der Waals surface area (Å²) < 4.78 is 27.4. The van der Waals surface area contributed by atoms with Crippen molar-refractivity contribution in [1.29, 1.82) is 0 Å². The van der Waals surface area contributed by atoms with Crippen LogP contribution in [0.2, 0.25) is 0 Å². The summed E-state index contributed by atoms with van der Waals surface area (Å²) in [6.07, 6.45) is 8.34.